The first kappa shape index (κ1) is 33.4. The van der Waals surface area contributed by atoms with Gasteiger partial charge in [0, 0.05) is 37.0 Å². The average molecular weight is 830 g/mol. The van der Waals surface area contributed by atoms with Crippen molar-refractivity contribution in [3.8, 4) is 44.8 Å². The molecule has 0 fully saturated rings. The Kier molecular flexibility index (Phi) is 7.01. The molecule has 0 saturated carbocycles. The Morgan fingerprint density at radius 1 is 0.323 bits per heavy atom. The SMILES string of the molecule is [2H]C([2H])([2H])c1ccc2c(c1)c1cc(C)ccc1n2-c1ccc2c(c1)c1ccccc1n2-c1ccc(-c2cccc3c2Cc2c(-c4ccc5c6ccccc6c6ccccc6c5c4)cccc2-3)cc1. The highest BCUT2D eigenvalue weighted by atomic mass is 15.0. The van der Waals surface area contributed by atoms with Gasteiger partial charge in [-0.25, -0.2) is 0 Å². The molecule has 0 N–H and O–H groups in total. The van der Waals surface area contributed by atoms with E-state index in [0.717, 1.165) is 61.6 Å². The minimum Gasteiger partial charge on any atom is -0.309 e. The summed E-state index contributed by atoms with van der Waals surface area (Å²) in [6.07, 6.45) is 0.872. The molecule has 0 saturated heterocycles. The number of nitrogens with zero attached hydrogens (tertiary/aromatic N) is 2. The Morgan fingerprint density at radius 3 is 1.45 bits per heavy atom. The summed E-state index contributed by atoms with van der Waals surface area (Å²) in [5.74, 6) is 0. The van der Waals surface area contributed by atoms with Crippen LogP contribution < -0.4 is 0 Å². The van der Waals surface area contributed by atoms with Crippen molar-refractivity contribution in [3.63, 3.8) is 0 Å². The standard InChI is InChI=1S/C63H42N2/c1-38-21-30-61-57(33-38)58-34-39(2)22-31-62(58)65(61)43-28-32-63-59(36-43)53-15-7-8-20-60(53)64(63)42-26-23-40(24-27-42)44-16-9-18-50-51-19-10-17-45(56(51)37-55(44)50)41-25-29-52-48-13-4-3-11-46(48)47-12-5-6-14-49(47)54(52)35-41/h3-36H,37H2,1-2H3/i1D3. The van der Waals surface area contributed by atoms with E-state index < -0.39 is 6.85 Å². The van der Waals surface area contributed by atoms with E-state index in [-0.39, 0.29) is 0 Å². The van der Waals surface area contributed by atoms with Crippen LogP contribution >= 0.6 is 0 Å². The molecule has 0 aliphatic heterocycles. The molecule has 1 aliphatic carbocycles. The second kappa shape index (κ2) is 13.6. The van der Waals surface area contributed by atoms with Crippen LogP contribution in [0.3, 0.4) is 0 Å². The van der Waals surface area contributed by atoms with E-state index in [2.05, 4.69) is 204 Å². The highest BCUT2D eigenvalue weighted by Crippen LogP contribution is 2.47. The van der Waals surface area contributed by atoms with Gasteiger partial charge in [-0.1, -0.05) is 151 Å². The summed E-state index contributed by atoms with van der Waals surface area (Å²) in [6, 6.07) is 74.8. The summed E-state index contributed by atoms with van der Waals surface area (Å²) in [5.41, 5.74) is 18.4. The van der Waals surface area contributed by atoms with E-state index in [1.54, 1.807) is 6.07 Å². The molecule has 0 radical (unpaired) electrons. The lowest BCUT2D eigenvalue weighted by Crippen LogP contribution is -1.96. The Balaban J connectivity index is 0.843. The summed E-state index contributed by atoms with van der Waals surface area (Å²) < 4.78 is 29.0. The lowest BCUT2D eigenvalue weighted by atomic mass is 9.90. The summed E-state index contributed by atoms with van der Waals surface area (Å²) >= 11 is 0. The van der Waals surface area contributed by atoms with Gasteiger partial charge in [-0.3, -0.25) is 0 Å². The summed E-state index contributed by atoms with van der Waals surface area (Å²) in [6.45, 7) is -0.102. The smallest absolute Gasteiger partial charge is 0.0542 e. The molecule has 1 aliphatic rings. The van der Waals surface area contributed by atoms with E-state index in [9.17, 15) is 0 Å². The van der Waals surface area contributed by atoms with Gasteiger partial charge in [0.25, 0.3) is 0 Å². The van der Waals surface area contributed by atoms with Crippen LogP contribution in [0.15, 0.2) is 206 Å². The zero-order valence-electron chi connectivity index (χ0n) is 38.7. The second-order valence-corrected chi connectivity index (χ2v) is 17.9. The molecular weight excluding hydrogens is 785 g/mol. The van der Waals surface area contributed by atoms with Crippen molar-refractivity contribution in [1.82, 2.24) is 9.13 Å². The molecule has 304 valence electrons. The number of aryl methyl sites for hydroxylation is 2. The molecule has 13 aromatic rings. The molecule has 2 aromatic heterocycles. The van der Waals surface area contributed by atoms with Crippen LogP contribution in [-0.4, -0.2) is 9.13 Å². The zero-order valence-corrected chi connectivity index (χ0v) is 35.7. The second-order valence-electron chi connectivity index (χ2n) is 17.9. The van der Waals surface area contributed by atoms with Gasteiger partial charge in [0.05, 0.1) is 22.1 Å². The third-order valence-corrected chi connectivity index (χ3v) is 14.3. The fourth-order valence-corrected chi connectivity index (χ4v) is 11.4. The number of rotatable bonds is 4. The van der Waals surface area contributed by atoms with Gasteiger partial charge in [0.1, 0.15) is 0 Å². The Morgan fingerprint density at radius 2 is 0.785 bits per heavy atom. The van der Waals surface area contributed by atoms with Crippen molar-refractivity contribution >= 4 is 75.9 Å². The first-order chi connectivity index (χ1) is 33.3. The van der Waals surface area contributed by atoms with E-state index >= 15 is 0 Å². The lowest BCUT2D eigenvalue weighted by molar-refractivity contribution is 1.16. The number of para-hydroxylation sites is 1. The topological polar surface area (TPSA) is 9.86 Å². The van der Waals surface area contributed by atoms with Crippen molar-refractivity contribution < 1.29 is 4.11 Å². The van der Waals surface area contributed by atoms with Gasteiger partial charge in [0.2, 0.25) is 0 Å². The highest BCUT2D eigenvalue weighted by Gasteiger charge is 2.25. The van der Waals surface area contributed by atoms with E-state index in [1.165, 1.54) is 82.2 Å². The lowest BCUT2D eigenvalue weighted by Gasteiger charge is -2.14. The third-order valence-electron chi connectivity index (χ3n) is 14.3. The first-order valence-corrected chi connectivity index (χ1v) is 22.5. The largest absolute Gasteiger partial charge is 0.309 e. The van der Waals surface area contributed by atoms with Crippen LogP contribution in [-0.2, 0) is 6.42 Å². The van der Waals surface area contributed by atoms with Crippen LogP contribution in [0.25, 0.3) is 121 Å². The number of fused-ring (bicyclic) bond motifs is 15. The van der Waals surface area contributed by atoms with E-state index in [0.29, 0.717) is 5.56 Å². The van der Waals surface area contributed by atoms with Crippen molar-refractivity contribution in [1.29, 1.82) is 0 Å². The summed E-state index contributed by atoms with van der Waals surface area (Å²) in [5, 5.41) is 12.1. The zero-order chi connectivity index (χ0) is 45.4. The van der Waals surface area contributed by atoms with E-state index in [1.807, 2.05) is 12.1 Å². The molecule has 2 heteroatoms. The van der Waals surface area contributed by atoms with Gasteiger partial charge >= 0.3 is 0 Å². The summed E-state index contributed by atoms with van der Waals surface area (Å²) in [4.78, 5) is 0. The minimum atomic E-state index is -2.19. The van der Waals surface area contributed by atoms with Crippen LogP contribution in [0.1, 0.15) is 26.4 Å². The molecule has 2 nitrogen and oxygen atoms in total. The quantitative estimate of drug-likeness (QED) is 0.156. The van der Waals surface area contributed by atoms with E-state index in [4.69, 9.17) is 4.11 Å². The predicted molar refractivity (Wildman–Crippen MR) is 276 cm³/mol. The molecule has 0 bridgehead atoms. The van der Waals surface area contributed by atoms with Gasteiger partial charge in [0.15, 0.2) is 0 Å². The molecule has 0 atom stereocenters. The van der Waals surface area contributed by atoms with Crippen molar-refractivity contribution in [2.75, 3.05) is 0 Å². The Hall–Kier alpha value is -8.20. The van der Waals surface area contributed by atoms with Gasteiger partial charge < -0.3 is 9.13 Å². The van der Waals surface area contributed by atoms with Gasteiger partial charge in [-0.15, -0.1) is 0 Å². The van der Waals surface area contributed by atoms with Gasteiger partial charge in [-0.05, 0) is 164 Å². The fourth-order valence-electron chi connectivity index (χ4n) is 11.4. The Bertz CT molecular complexity index is 4250. The van der Waals surface area contributed by atoms with Crippen molar-refractivity contribution in [3.05, 3.63) is 229 Å². The number of benzene rings is 11. The van der Waals surface area contributed by atoms with Crippen LogP contribution in [0.5, 0.6) is 0 Å². The van der Waals surface area contributed by atoms with Crippen LogP contribution in [0, 0.1) is 13.8 Å². The maximum Gasteiger partial charge on any atom is 0.0542 e. The Labute approximate surface area is 381 Å². The fraction of sp³-hybridized carbons (Fsp3) is 0.0476. The minimum absolute atomic E-state index is 0.353. The molecule has 0 unspecified atom stereocenters. The first-order valence-electron chi connectivity index (χ1n) is 24.0. The molecule has 65 heavy (non-hydrogen) atoms. The molecule has 14 rings (SSSR count). The molecule has 2 heterocycles. The number of hydrogen-bond acceptors (Lipinski definition) is 0. The molecule has 0 amide bonds. The van der Waals surface area contributed by atoms with Crippen LogP contribution in [0.2, 0.25) is 0 Å². The maximum atomic E-state index is 8.13. The van der Waals surface area contributed by atoms with Crippen molar-refractivity contribution in [2.45, 2.75) is 20.2 Å². The molecular formula is C63H42N2. The van der Waals surface area contributed by atoms with Crippen LogP contribution in [0.4, 0.5) is 0 Å². The highest BCUT2D eigenvalue weighted by molar-refractivity contribution is 6.26. The van der Waals surface area contributed by atoms with Gasteiger partial charge in [-0.2, -0.15) is 0 Å². The number of hydrogen-bond donors (Lipinski definition) is 0. The normalized spacial score (nSPS) is 13.3. The molecule has 11 aromatic carbocycles. The summed E-state index contributed by atoms with van der Waals surface area (Å²) in [7, 11) is 0. The molecule has 0 spiro atoms. The predicted octanol–water partition coefficient (Wildman–Crippen LogP) is 16.9. The average Bonchev–Trinajstić information content (AvgIpc) is 4.03. The van der Waals surface area contributed by atoms with Crippen molar-refractivity contribution in [2.24, 2.45) is 0 Å². The number of aromatic nitrogens is 2. The third kappa shape index (κ3) is 5.29. The monoisotopic (exact) mass is 829 g/mol. The maximum absolute atomic E-state index is 8.13.